The van der Waals surface area contributed by atoms with Crippen LogP contribution < -0.4 is 11.1 Å². The number of nitrogen functional groups attached to an aromatic ring is 1. The predicted molar refractivity (Wildman–Crippen MR) is 71.3 cm³/mol. The summed E-state index contributed by atoms with van der Waals surface area (Å²) >= 11 is 0. The van der Waals surface area contributed by atoms with Crippen LogP contribution in [0.3, 0.4) is 0 Å². The number of hydrogen-bond donors (Lipinski definition) is 2. The lowest BCUT2D eigenvalue weighted by Crippen LogP contribution is -2.38. The van der Waals surface area contributed by atoms with Crippen LogP contribution in [0.25, 0.3) is 0 Å². The van der Waals surface area contributed by atoms with Crippen molar-refractivity contribution >= 4 is 11.6 Å². The van der Waals surface area contributed by atoms with Gasteiger partial charge in [0.05, 0.1) is 5.56 Å². The monoisotopic (exact) mass is 289 g/mol. The average Bonchev–Trinajstić information content (AvgIpc) is 2.33. The van der Waals surface area contributed by atoms with E-state index in [4.69, 9.17) is 5.73 Å². The summed E-state index contributed by atoms with van der Waals surface area (Å²) in [6.07, 6.45) is -4.53. The number of hydrogen-bond acceptors (Lipinski definition) is 3. The molecule has 0 saturated carbocycles. The molecule has 0 aliphatic carbocycles. The Labute approximate surface area is 115 Å². The summed E-state index contributed by atoms with van der Waals surface area (Å²) in [5, 5.41) is 2.58. The maximum Gasteiger partial charge on any atom is 0.416 e. The van der Waals surface area contributed by atoms with Crippen LogP contribution in [0.2, 0.25) is 0 Å². The number of likely N-dealkylation sites (N-methyl/N-ethyl adjacent to an activating group) is 1. The molecule has 0 spiro atoms. The van der Waals surface area contributed by atoms with Crippen LogP contribution in [0.1, 0.15) is 22.8 Å². The molecule has 0 radical (unpaired) electrons. The van der Waals surface area contributed by atoms with E-state index in [-0.39, 0.29) is 17.3 Å². The van der Waals surface area contributed by atoms with E-state index >= 15 is 0 Å². The van der Waals surface area contributed by atoms with Crippen LogP contribution in [0.15, 0.2) is 18.2 Å². The summed E-state index contributed by atoms with van der Waals surface area (Å²) in [5.41, 5.74) is 4.30. The van der Waals surface area contributed by atoms with Crippen molar-refractivity contribution in [3.05, 3.63) is 29.3 Å². The largest absolute Gasteiger partial charge is 0.416 e. The number of carbonyl (C=O) groups is 1. The van der Waals surface area contributed by atoms with Crippen molar-refractivity contribution in [2.24, 2.45) is 0 Å². The molecule has 1 rings (SSSR count). The normalized spacial score (nSPS) is 13.3. The zero-order valence-corrected chi connectivity index (χ0v) is 11.6. The van der Waals surface area contributed by atoms with Crippen LogP contribution in [0, 0.1) is 0 Å². The smallest absolute Gasteiger partial charge is 0.399 e. The summed E-state index contributed by atoms with van der Waals surface area (Å²) in [6, 6.07) is 2.90. The van der Waals surface area contributed by atoms with E-state index in [0.717, 1.165) is 12.1 Å². The van der Waals surface area contributed by atoms with Gasteiger partial charge >= 0.3 is 6.18 Å². The Balaban J connectivity index is 2.86. The molecule has 112 valence electrons. The number of nitrogens with two attached hydrogens (primary N) is 1. The van der Waals surface area contributed by atoms with Gasteiger partial charge in [0, 0.05) is 23.8 Å². The number of nitrogens with one attached hydrogen (secondary N) is 1. The zero-order valence-electron chi connectivity index (χ0n) is 11.6. The van der Waals surface area contributed by atoms with Crippen molar-refractivity contribution in [3.63, 3.8) is 0 Å². The number of carbonyl (C=O) groups excluding carboxylic acids is 1. The Morgan fingerprint density at radius 1 is 1.35 bits per heavy atom. The van der Waals surface area contributed by atoms with Gasteiger partial charge in [-0.1, -0.05) is 0 Å². The van der Waals surface area contributed by atoms with Gasteiger partial charge in [0.2, 0.25) is 0 Å². The molecule has 4 nitrogen and oxygen atoms in total. The summed E-state index contributed by atoms with van der Waals surface area (Å²) in [6.45, 7) is 2.22. The standard InChI is InChI=1S/C13H18F3N3O/c1-8(19(2)3)7-18-12(20)9-4-10(13(14,15)16)6-11(17)5-9/h4-6,8H,7,17H2,1-3H3,(H,18,20). The lowest BCUT2D eigenvalue weighted by atomic mass is 10.1. The second-order valence-corrected chi connectivity index (χ2v) is 4.86. The number of amides is 1. The maximum absolute atomic E-state index is 12.6. The summed E-state index contributed by atoms with van der Waals surface area (Å²) < 4.78 is 37.9. The third-order valence-corrected chi connectivity index (χ3v) is 2.98. The summed E-state index contributed by atoms with van der Waals surface area (Å²) in [5.74, 6) is -0.573. The molecule has 0 heterocycles. The van der Waals surface area contributed by atoms with E-state index in [1.54, 1.807) is 0 Å². The molecule has 1 aromatic rings. The van der Waals surface area contributed by atoms with Crippen LogP contribution in [-0.4, -0.2) is 37.5 Å². The van der Waals surface area contributed by atoms with Crippen molar-refractivity contribution in [2.75, 3.05) is 26.4 Å². The van der Waals surface area contributed by atoms with Crippen molar-refractivity contribution in [2.45, 2.75) is 19.1 Å². The van der Waals surface area contributed by atoms with Gasteiger partial charge in [-0.05, 0) is 39.2 Å². The van der Waals surface area contributed by atoms with E-state index in [1.807, 2.05) is 25.9 Å². The molecular formula is C13H18F3N3O. The molecule has 20 heavy (non-hydrogen) atoms. The Kier molecular flexibility index (Phi) is 4.99. The number of alkyl halides is 3. The molecule has 0 saturated heterocycles. The highest BCUT2D eigenvalue weighted by molar-refractivity contribution is 5.95. The maximum atomic E-state index is 12.6. The first kappa shape index (κ1) is 16.3. The van der Waals surface area contributed by atoms with Gasteiger partial charge < -0.3 is 16.0 Å². The first-order valence-corrected chi connectivity index (χ1v) is 6.03. The Morgan fingerprint density at radius 3 is 2.45 bits per heavy atom. The number of nitrogens with zero attached hydrogens (tertiary/aromatic N) is 1. The Hall–Kier alpha value is -1.76. The van der Waals surface area contributed by atoms with Gasteiger partial charge in [-0.25, -0.2) is 0 Å². The predicted octanol–water partition coefficient (Wildman–Crippen LogP) is 1.97. The van der Waals surface area contributed by atoms with Crippen molar-refractivity contribution in [1.29, 1.82) is 0 Å². The van der Waals surface area contributed by atoms with Gasteiger partial charge in [-0.2, -0.15) is 13.2 Å². The van der Waals surface area contributed by atoms with Gasteiger partial charge in [0.25, 0.3) is 5.91 Å². The van der Waals surface area contributed by atoms with Gasteiger partial charge in [-0.3, -0.25) is 4.79 Å². The molecule has 0 bridgehead atoms. The lowest BCUT2D eigenvalue weighted by Gasteiger charge is -2.20. The number of anilines is 1. The number of rotatable bonds is 4. The average molecular weight is 289 g/mol. The SMILES string of the molecule is CC(CNC(=O)c1cc(N)cc(C(F)(F)F)c1)N(C)C. The topological polar surface area (TPSA) is 58.4 Å². The zero-order chi connectivity index (χ0) is 15.5. The van der Waals surface area contributed by atoms with Gasteiger partial charge in [-0.15, -0.1) is 0 Å². The molecule has 0 aliphatic heterocycles. The van der Waals surface area contributed by atoms with Gasteiger partial charge in [0.1, 0.15) is 0 Å². The molecular weight excluding hydrogens is 271 g/mol. The fourth-order valence-corrected chi connectivity index (χ4v) is 1.47. The Bertz CT molecular complexity index is 486. The lowest BCUT2D eigenvalue weighted by molar-refractivity contribution is -0.137. The summed E-state index contributed by atoms with van der Waals surface area (Å²) in [4.78, 5) is 13.7. The van der Waals surface area contributed by atoms with E-state index < -0.39 is 17.6 Å². The first-order valence-electron chi connectivity index (χ1n) is 6.03. The molecule has 1 amide bonds. The fourth-order valence-electron chi connectivity index (χ4n) is 1.47. The van der Waals surface area contributed by atoms with Crippen molar-refractivity contribution in [3.8, 4) is 0 Å². The van der Waals surface area contributed by atoms with Crippen molar-refractivity contribution < 1.29 is 18.0 Å². The molecule has 1 atom stereocenters. The molecule has 0 aromatic heterocycles. The highest BCUT2D eigenvalue weighted by Gasteiger charge is 2.31. The van der Waals surface area contributed by atoms with E-state index in [1.165, 1.54) is 6.07 Å². The Morgan fingerprint density at radius 2 is 1.95 bits per heavy atom. The van der Waals surface area contributed by atoms with Crippen LogP contribution in [0.4, 0.5) is 18.9 Å². The molecule has 1 aromatic carbocycles. The van der Waals surface area contributed by atoms with Crippen molar-refractivity contribution in [1.82, 2.24) is 10.2 Å². The van der Waals surface area contributed by atoms with Crippen LogP contribution in [-0.2, 0) is 6.18 Å². The first-order chi connectivity index (χ1) is 9.11. The third-order valence-electron chi connectivity index (χ3n) is 2.98. The third kappa shape index (κ3) is 4.41. The van der Waals surface area contributed by atoms with Gasteiger partial charge in [0.15, 0.2) is 0 Å². The number of benzene rings is 1. The fraction of sp³-hybridized carbons (Fsp3) is 0.462. The summed E-state index contributed by atoms with van der Waals surface area (Å²) in [7, 11) is 3.69. The van der Waals surface area contributed by atoms with Crippen LogP contribution in [0.5, 0.6) is 0 Å². The quantitative estimate of drug-likeness (QED) is 0.833. The number of halogens is 3. The minimum atomic E-state index is -4.53. The highest BCUT2D eigenvalue weighted by atomic mass is 19.4. The second-order valence-electron chi connectivity index (χ2n) is 4.86. The minimum Gasteiger partial charge on any atom is -0.399 e. The van der Waals surface area contributed by atoms with E-state index in [0.29, 0.717) is 6.54 Å². The van der Waals surface area contributed by atoms with E-state index in [2.05, 4.69) is 5.32 Å². The molecule has 1 unspecified atom stereocenters. The minimum absolute atomic E-state index is 0.0714. The molecule has 0 fully saturated rings. The van der Waals surface area contributed by atoms with E-state index in [9.17, 15) is 18.0 Å². The van der Waals surface area contributed by atoms with Crippen LogP contribution >= 0.6 is 0 Å². The highest BCUT2D eigenvalue weighted by Crippen LogP contribution is 2.31. The molecule has 3 N–H and O–H groups in total. The molecule has 0 aliphatic rings. The second kappa shape index (κ2) is 6.13. The molecule has 7 heteroatoms.